The lowest BCUT2D eigenvalue weighted by Crippen LogP contribution is -2.32. The number of carbonyl (C=O) groups is 1. The van der Waals surface area contributed by atoms with Gasteiger partial charge in [0.15, 0.2) is 5.82 Å². The number of nitrogens with one attached hydrogen (secondary N) is 2. The zero-order valence-electron chi connectivity index (χ0n) is 14.4. The average Bonchev–Trinajstić information content (AvgIpc) is 3.17. The molecule has 2 heterocycles. The molecule has 0 aliphatic carbocycles. The summed E-state index contributed by atoms with van der Waals surface area (Å²) in [5.41, 5.74) is 14.9. The van der Waals surface area contributed by atoms with Crippen LogP contribution in [0.25, 0.3) is 16.6 Å². The Hall–Kier alpha value is -3.45. The molecule has 0 saturated carbocycles. The molecule has 4 rings (SSSR count). The van der Waals surface area contributed by atoms with Gasteiger partial charge in [-0.25, -0.2) is 9.37 Å². The van der Waals surface area contributed by atoms with Crippen LogP contribution in [0.3, 0.4) is 0 Å². The van der Waals surface area contributed by atoms with Gasteiger partial charge in [0.2, 0.25) is 5.91 Å². The molecule has 0 spiro atoms. The fraction of sp³-hybridized carbons (Fsp3) is 0.100. The first-order chi connectivity index (χ1) is 13.1. The van der Waals surface area contributed by atoms with E-state index in [9.17, 15) is 9.18 Å². The van der Waals surface area contributed by atoms with E-state index in [1.54, 1.807) is 12.1 Å². The van der Waals surface area contributed by atoms with E-state index < -0.39 is 6.04 Å². The van der Waals surface area contributed by atoms with Crippen molar-refractivity contribution >= 4 is 28.3 Å². The number of hydrazine groups is 1. The van der Waals surface area contributed by atoms with Crippen molar-refractivity contribution < 1.29 is 9.18 Å². The molecule has 136 valence electrons. The number of fused-ring (bicyclic) bond motifs is 3. The maximum atomic E-state index is 13.0. The zero-order chi connectivity index (χ0) is 18.8. The SMILES string of the molecule is NC(CC(=O)NNc1nc2ccccc2n2cccc12)c1ccc(F)cc1. The summed E-state index contributed by atoms with van der Waals surface area (Å²) < 4.78 is 15.0. The summed E-state index contributed by atoms with van der Waals surface area (Å²) in [6.45, 7) is 0. The normalized spacial score (nSPS) is 12.2. The van der Waals surface area contributed by atoms with Gasteiger partial charge in [-0.15, -0.1) is 0 Å². The number of nitrogens with two attached hydrogens (primary N) is 1. The molecule has 2 aromatic heterocycles. The van der Waals surface area contributed by atoms with Crippen molar-refractivity contribution in [3.63, 3.8) is 0 Å². The Bertz CT molecular complexity index is 1110. The van der Waals surface area contributed by atoms with E-state index in [0.29, 0.717) is 11.4 Å². The van der Waals surface area contributed by atoms with Crippen molar-refractivity contribution in [2.45, 2.75) is 12.5 Å². The third-order valence-electron chi connectivity index (χ3n) is 4.39. The fourth-order valence-electron chi connectivity index (χ4n) is 3.02. The molecule has 0 fully saturated rings. The highest BCUT2D eigenvalue weighted by Gasteiger charge is 2.13. The molecule has 4 aromatic rings. The van der Waals surface area contributed by atoms with Crippen molar-refractivity contribution in [3.05, 3.63) is 78.2 Å². The summed E-state index contributed by atoms with van der Waals surface area (Å²) in [5, 5.41) is 0. The third-order valence-corrected chi connectivity index (χ3v) is 4.39. The monoisotopic (exact) mass is 363 g/mol. The van der Waals surface area contributed by atoms with Crippen LogP contribution in [0, 0.1) is 5.82 Å². The Balaban J connectivity index is 1.48. The van der Waals surface area contributed by atoms with Gasteiger partial charge in [-0.05, 0) is 42.0 Å². The van der Waals surface area contributed by atoms with Crippen LogP contribution in [0.1, 0.15) is 18.0 Å². The van der Waals surface area contributed by atoms with Gasteiger partial charge in [-0.2, -0.15) is 0 Å². The molecule has 27 heavy (non-hydrogen) atoms. The summed E-state index contributed by atoms with van der Waals surface area (Å²) in [6, 6.07) is 16.9. The first-order valence-electron chi connectivity index (χ1n) is 8.53. The van der Waals surface area contributed by atoms with Gasteiger partial charge < -0.3 is 10.1 Å². The van der Waals surface area contributed by atoms with Crippen LogP contribution in [0.15, 0.2) is 66.9 Å². The molecule has 1 unspecified atom stereocenters. The number of hydrogen-bond donors (Lipinski definition) is 3. The quantitative estimate of drug-likeness (QED) is 0.476. The standard InChI is InChI=1S/C20H18FN5O/c21-14-9-7-13(8-10-14)15(22)12-19(27)24-25-20-18-6-3-11-26(18)17-5-2-1-4-16(17)23-20/h1-11,15H,12,22H2,(H,23,25)(H,24,27). The number of anilines is 1. The van der Waals surface area contributed by atoms with Crippen LogP contribution >= 0.6 is 0 Å². The summed E-state index contributed by atoms with van der Waals surface area (Å²) in [7, 11) is 0. The Labute approximate surface area is 154 Å². The zero-order valence-corrected chi connectivity index (χ0v) is 14.4. The number of rotatable bonds is 5. The number of aromatic nitrogens is 2. The molecule has 0 radical (unpaired) electrons. The number of carbonyl (C=O) groups excluding carboxylic acids is 1. The van der Waals surface area contributed by atoms with E-state index in [1.165, 1.54) is 12.1 Å². The molecule has 0 saturated heterocycles. The Kier molecular flexibility index (Phi) is 4.43. The Morgan fingerprint density at radius 3 is 2.63 bits per heavy atom. The first kappa shape index (κ1) is 17.0. The Morgan fingerprint density at radius 1 is 1.07 bits per heavy atom. The topological polar surface area (TPSA) is 84.5 Å². The van der Waals surface area contributed by atoms with Crippen LogP contribution in [0.5, 0.6) is 0 Å². The summed E-state index contributed by atoms with van der Waals surface area (Å²) in [5.74, 6) is -0.0791. The van der Waals surface area contributed by atoms with E-state index in [0.717, 1.165) is 16.6 Å². The molecular formula is C20H18FN5O. The van der Waals surface area contributed by atoms with Crippen molar-refractivity contribution in [3.8, 4) is 0 Å². The van der Waals surface area contributed by atoms with Crippen molar-refractivity contribution in [1.29, 1.82) is 0 Å². The number of halogens is 1. The maximum absolute atomic E-state index is 13.0. The predicted molar refractivity (Wildman–Crippen MR) is 102 cm³/mol. The highest BCUT2D eigenvalue weighted by atomic mass is 19.1. The molecular weight excluding hydrogens is 345 g/mol. The van der Waals surface area contributed by atoms with E-state index in [2.05, 4.69) is 15.8 Å². The summed E-state index contributed by atoms with van der Waals surface area (Å²) in [4.78, 5) is 16.8. The number of hydrogen-bond acceptors (Lipinski definition) is 4. The second kappa shape index (κ2) is 7.05. The minimum atomic E-state index is -0.523. The van der Waals surface area contributed by atoms with Crippen LogP contribution in [-0.2, 0) is 4.79 Å². The molecule has 0 bridgehead atoms. The summed E-state index contributed by atoms with van der Waals surface area (Å²) in [6.07, 6.45) is 2.00. The van der Waals surface area contributed by atoms with Crippen molar-refractivity contribution in [2.75, 3.05) is 5.43 Å². The fourth-order valence-corrected chi connectivity index (χ4v) is 3.02. The van der Waals surface area contributed by atoms with Gasteiger partial charge in [0, 0.05) is 18.7 Å². The van der Waals surface area contributed by atoms with Crippen LogP contribution < -0.4 is 16.6 Å². The van der Waals surface area contributed by atoms with Crippen molar-refractivity contribution in [1.82, 2.24) is 14.8 Å². The highest BCUT2D eigenvalue weighted by molar-refractivity contribution is 5.86. The van der Waals surface area contributed by atoms with E-state index in [4.69, 9.17) is 5.73 Å². The molecule has 4 N–H and O–H groups in total. The lowest BCUT2D eigenvalue weighted by Gasteiger charge is -2.14. The van der Waals surface area contributed by atoms with Crippen LogP contribution in [0.2, 0.25) is 0 Å². The van der Waals surface area contributed by atoms with Crippen LogP contribution in [0.4, 0.5) is 10.2 Å². The first-order valence-corrected chi connectivity index (χ1v) is 8.53. The smallest absolute Gasteiger partial charge is 0.240 e. The predicted octanol–water partition coefficient (Wildman–Crippen LogP) is 3.16. The number of benzene rings is 2. The minimum Gasteiger partial charge on any atom is -0.324 e. The molecule has 7 heteroatoms. The lowest BCUT2D eigenvalue weighted by atomic mass is 10.0. The van der Waals surface area contributed by atoms with Gasteiger partial charge in [0.1, 0.15) is 5.82 Å². The molecule has 0 aliphatic rings. The van der Waals surface area contributed by atoms with Crippen molar-refractivity contribution in [2.24, 2.45) is 5.73 Å². The van der Waals surface area contributed by atoms with E-state index in [-0.39, 0.29) is 18.1 Å². The maximum Gasteiger partial charge on any atom is 0.240 e. The summed E-state index contributed by atoms with van der Waals surface area (Å²) >= 11 is 0. The average molecular weight is 363 g/mol. The molecule has 1 amide bonds. The van der Waals surface area contributed by atoms with E-state index in [1.807, 2.05) is 47.0 Å². The number of para-hydroxylation sites is 2. The van der Waals surface area contributed by atoms with E-state index >= 15 is 0 Å². The second-order valence-corrected chi connectivity index (χ2v) is 6.25. The molecule has 0 aliphatic heterocycles. The largest absolute Gasteiger partial charge is 0.324 e. The Morgan fingerprint density at radius 2 is 1.81 bits per heavy atom. The van der Waals surface area contributed by atoms with Gasteiger partial charge in [-0.3, -0.25) is 15.6 Å². The van der Waals surface area contributed by atoms with Gasteiger partial charge in [0.05, 0.1) is 16.6 Å². The number of amides is 1. The minimum absolute atomic E-state index is 0.0590. The third kappa shape index (κ3) is 3.45. The number of nitrogens with zero attached hydrogens (tertiary/aromatic N) is 2. The van der Waals surface area contributed by atoms with Gasteiger partial charge >= 0.3 is 0 Å². The highest BCUT2D eigenvalue weighted by Crippen LogP contribution is 2.21. The second-order valence-electron chi connectivity index (χ2n) is 6.25. The molecule has 1 atom stereocenters. The van der Waals surface area contributed by atoms with Gasteiger partial charge in [-0.1, -0.05) is 24.3 Å². The van der Waals surface area contributed by atoms with Gasteiger partial charge in [0.25, 0.3) is 0 Å². The molecule has 2 aromatic carbocycles. The lowest BCUT2D eigenvalue weighted by molar-refractivity contribution is -0.120. The molecule has 6 nitrogen and oxygen atoms in total. The van der Waals surface area contributed by atoms with Crippen LogP contribution in [-0.4, -0.2) is 15.3 Å².